The minimum atomic E-state index is 0.379. The molecule has 2 nitrogen and oxygen atoms in total. The molecule has 0 aliphatic carbocycles. The third-order valence-corrected chi connectivity index (χ3v) is 5.39. The van der Waals surface area contributed by atoms with Crippen LogP contribution in [0.2, 0.25) is 0 Å². The summed E-state index contributed by atoms with van der Waals surface area (Å²) in [5.41, 5.74) is 2.42. The van der Waals surface area contributed by atoms with Gasteiger partial charge in [-0.25, -0.2) is 0 Å². The molecule has 3 aromatic rings. The maximum atomic E-state index is 4.51. The molecule has 21 heavy (non-hydrogen) atoms. The Morgan fingerprint density at radius 2 is 2.05 bits per heavy atom. The molecule has 0 radical (unpaired) electrons. The lowest BCUT2D eigenvalue weighted by atomic mass is 10.1. The minimum Gasteiger partial charge on any atom is -0.309 e. The van der Waals surface area contributed by atoms with Gasteiger partial charge in [-0.15, -0.1) is 11.3 Å². The van der Waals surface area contributed by atoms with E-state index in [0.29, 0.717) is 6.04 Å². The quantitative estimate of drug-likeness (QED) is 0.695. The van der Waals surface area contributed by atoms with Crippen molar-refractivity contribution in [3.63, 3.8) is 0 Å². The summed E-state index contributed by atoms with van der Waals surface area (Å²) in [6.07, 6.45) is 2.86. The number of nitrogens with zero attached hydrogens (tertiary/aromatic N) is 1. The fourth-order valence-corrected chi connectivity index (χ4v) is 3.90. The number of thiophene rings is 1. The number of halogens is 1. The van der Waals surface area contributed by atoms with Gasteiger partial charge in [-0.3, -0.25) is 4.98 Å². The van der Waals surface area contributed by atoms with Crippen LogP contribution in [-0.4, -0.2) is 11.5 Å². The van der Waals surface area contributed by atoms with Crippen LogP contribution < -0.4 is 5.32 Å². The molecule has 2 aromatic heterocycles. The summed E-state index contributed by atoms with van der Waals surface area (Å²) in [7, 11) is 0. The number of pyridine rings is 1. The largest absolute Gasteiger partial charge is 0.309 e. The van der Waals surface area contributed by atoms with Crippen LogP contribution in [0.5, 0.6) is 0 Å². The minimum absolute atomic E-state index is 0.379. The van der Waals surface area contributed by atoms with Crippen molar-refractivity contribution < 1.29 is 0 Å². The highest BCUT2D eigenvalue weighted by atomic mass is 79.9. The normalized spacial score (nSPS) is 12.7. The first-order valence-corrected chi connectivity index (χ1v) is 8.66. The number of hydrogen-bond donors (Lipinski definition) is 1. The van der Waals surface area contributed by atoms with E-state index in [4.69, 9.17) is 0 Å². The SMILES string of the molecule is CC(NCCc1cccc2cccnc12)c1ccc(Br)s1. The molecule has 0 saturated heterocycles. The third-order valence-electron chi connectivity index (χ3n) is 3.58. The van der Waals surface area contributed by atoms with Gasteiger partial charge >= 0.3 is 0 Å². The molecule has 0 aliphatic rings. The fraction of sp³-hybridized carbons (Fsp3) is 0.235. The summed E-state index contributed by atoms with van der Waals surface area (Å²) in [4.78, 5) is 5.87. The Labute approximate surface area is 137 Å². The molecule has 108 valence electrons. The third kappa shape index (κ3) is 3.51. The summed E-state index contributed by atoms with van der Waals surface area (Å²) >= 11 is 5.30. The highest BCUT2D eigenvalue weighted by Crippen LogP contribution is 2.27. The van der Waals surface area contributed by atoms with E-state index in [1.54, 1.807) is 11.3 Å². The van der Waals surface area contributed by atoms with Crippen LogP contribution >= 0.6 is 27.3 Å². The standard InChI is InChI=1S/C17H17BrN2S/c1-12(15-7-8-16(18)21-15)19-11-9-14-5-2-4-13-6-3-10-20-17(13)14/h2-8,10,12,19H,9,11H2,1H3. The highest BCUT2D eigenvalue weighted by Gasteiger charge is 2.08. The summed E-state index contributed by atoms with van der Waals surface area (Å²) in [5, 5.41) is 4.80. The lowest BCUT2D eigenvalue weighted by Crippen LogP contribution is -2.20. The molecule has 0 spiro atoms. The van der Waals surface area contributed by atoms with Crippen LogP contribution in [0.3, 0.4) is 0 Å². The van der Waals surface area contributed by atoms with Crippen LogP contribution in [0.1, 0.15) is 23.4 Å². The molecule has 1 unspecified atom stereocenters. The van der Waals surface area contributed by atoms with E-state index < -0.39 is 0 Å². The van der Waals surface area contributed by atoms with Crippen molar-refractivity contribution in [1.29, 1.82) is 0 Å². The molecule has 1 aromatic carbocycles. The monoisotopic (exact) mass is 360 g/mol. The first kappa shape index (κ1) is 14.7. The van der Waals surface area contributed by atoms with Gasteiger partial charge < -0.3 is 5.32 Å². The first-order chi connectivity index (χ1) is 10.2. The Bertz CT molecular complexity index is 733. The number of para-hydroxylation sites is 1. The molecule has 0 amide bonds. The Morgan fingerprint density at radius 1 is 1.19 bits per heavy atom. The average Bonchev–Trinajstić information content (AvgIpc) is 2.94. The van der Waals surface area contributed by atoms with Crippen molar-refractivity contribution in [2.75, 3.05) is 6.54 Å². The van der Waals surface area contributed by atoms with Crippen LogP contribution in [0.15, 0.2) is 52.4 Å². The van der Waals surface area contributed by atoms with Gasteiger partial charge in [0.1, 0.15) is 0 Å². The predicted molar refractivity (Wildman–Crippen MR) is 93.9 cm³/mol. The summed E-state index contributed by atoms with van der Waals surface area (Å²) in [5.74, 6) is 0. The van der Waals surface area contributed by atoms with Crippen molar-refractivity contribution >= 4 is 38.2 Å². The molecule has 1 atom stereocenters. The molecule has 4 heteroatoms. The second kappa shape index (κ2) is 6.69. The molecular formula is C17H17BrN2S. The van der Waals surface area contributed by atoms with Gasteiger partial charge in [0, 0.05) is 22.5 Å². The topological polar surface area (TPSA) is 24.9 Å². The second-order valence-corrected chi connectivity index (χ2v) is 7.55. The van der Waals surface area contributed by atoms with E-state index in [2.05, 4.69) is 69.6 Å². The molecule has 3 rings (SSSR count). The summed E-state index contributed by atoms with van der Waals surface area (Å²) in [6.45, 7) is 3.16. The van der Waals surface area contributed by atoms with Crippen molar-refractivity contribution in [3.8, 4) is 0 Å². The Hall–Kier alpha value is -1.23. The van der Waals surface area contributed by atoms with E-state index in [1.807, 2.05) is 12.3 Å². The van der Waals surface area contributed by atoms with Crippen LogP contribution in [-0.2, 0) is 6.42 Å². The number of fused-ring (bicyclic) bond motifs is 1. The number of aromatic nitrogens is 1. The van der Waals surface area contributed by atoms with Gasteiger partial charge in [0.2, 0.25) is 0 Å². The van der Waals surface area contributed by atoms with Crippen molar-refractivity contribution in [3.05, 3.63) is 62.9 Å². The number of benzene rings is 1. The van der Waals surface area contributed by atoms with E-state index in [9.17, 15) is 0 Å². The van der Waals surface area contributed by atoms with Crippen LogP contribution in [0.4, 0.5) is 0 Å². The van der Waals surface area contributed by atoms with E-state index in [-0.39, 0.29) is 0 Å². The second-order valence-electron chi connectivity index (χ2n) is 5.06. The lowest BCUT2D eigenvalue weighted by molar-refractivity contribution is 0.585. The molecule has 0 saturated carbocycles. The molecule has 0 aliphatic heterocycles. The van der Waals surface area contributed by atoms with E-state index in [0.717, 1.165) is 18.5 Å². The highest BCUT2D eigenvalue weighted by molar-refractivity contribution is 9.11. The molecule has 1 N–H and O–H groups in total. The van der Waals surface area contributed by atoms with Gasteiger partial charge in [0.15, 0.2) is 0 Å². The molecular weight excluding hydrogens is 344 g/mol. The predicted octanol–water partition coefficient (Wildman–Crippen LogP) is 4.95. The van der Waals surface area contributed by atoms with Crippen molar-refractivity contribution in [2.24, 2.45) is 0 Å². The Balaban J connectivity index is 1.64. The zero-order chi connectivity index (χ0) is 14.7. The molecule has 0 fully saturated rings. The van der Waals surface area contributed by atoms with Gasteiger partial charge in [-0.05, 0) is 59.6 Å². The summed E-state index contributed by atoms with van der Waals surface area (Å²) in [6, 6.07) is 15.2. The van der Waals surface area contributed by atoms with Crippen molar-refractivity contribution in [2.45, 2.75) is 19.4 Å². The van der Waals surface area contributed by atoms with Crippen LogP contribution in [0.25, 0.3) is 10.9 Å². The van der Waals surface area contributed by atoms with Gasteiger partial charge in [0.25, 0.3) is 0 Å². The van der Waals surface area contributed by atoms with E-state index in [1.165, 1.54) is 19.6 Å². The maximum Gasteiger partial charge on any atom is 0.0734 e. The number of nitrogens with one attached hydrogen (secondary N) is 1. The zero-order valence-electron chi connectivity index (χ0n) is 11.8. The average molecular weight is 361 g/mol. The smallest absolute Gasteiger partial charge is 0.0734 e. The Kier molecular flexibility index (Phi) is 4.68. The van der Waals surface area contributed by atoms with Gasteiger partial charge in [0.05, 0.1) is 9.30 Å². The van der Waals surface area contributed by atoms with Gasteiger partial charge in [-0.1, -0.05) is 24.3 Å². The zero-order valence-corrected chi connectivity index (χ0v) is 14.2. The van der Waals surface area contributed by atoms with Crippen molar-refractivity contribution in [1.82, 2.24) is 10.3 Å². The molecule has 2 heterocycles. The first-order valence-electron chi connectivity index (χ1n) is 7.05. The Morgan fingerprint density at radius 3 is 2.86 bits per heavy atom. The maximum absolute atomic E-state index is 4.51. The number of rotatable bonds is 5. The lowest BCUT2D eigenvalue weighted by Gasteiger charge is -2.12. The van der Waals surface area contributed by atoms with Gasteiger partial charge in [-0.2, -0.15) is 0 Å². The van der Waals surface area contributed by atoms with E-state index >= 15 is 0 Å². The number of hydrogen-bond acceptors (Lipinski definition) is 3. The fourth-order valence-electron chi connectivity index (χ4n) is 2.45. The summed E-state index contributed by atoms with van der Waals surface area (Å²) < 4.78 is 1.18. The molecule has 0 bridgehead atoms. The van der Waals surface area contributed by atoms with Crippen LogP contribution in [0, 0.1) is 0 Å².